The third-order valence-corrected chi connectivity index (χ3v) is 5.78. The minimum atomic E-state index is -4.91. The van der Waals surface area contributed by atoms with Gasteiger partial charge in [0.25, 0.3) is 0 Å². The molecule has 5 rings (SSSR count). The Morgan fingerprint density at radius 1 is 0.970 bits per heavy atom. The Balaban J connectivity index is 1.63. The van der Waals surface area contributed by atoms with E-state index in [-0.39, 0.29) is 28.3 Å². The van der Waals surface area contributed by atoms with E-state index < -0.39 is 40.6 Å². The van der Waals surface area contributed by atoms with Crippen molar-refractivity contribution in [3.8, 4) is 17.1 Å². The molecule has 13 heteroatoms. The third kappa shape index (κ3) is 3.92. The van der Waals surface area contributed by atoms with Gasteiger partial charge in [0.05, 0.1) is 41.2 Å². The molecule has 0 saturated carbocycles. The maximum absolute atomic E-state index is 14.7. The SMILES string of the molecule is Fc1cnc(-c2c(C(F)(F)F)cc(F)c3[nH]c(SN4CCOc5cc(F)cnc54)cc23)nc1. The highest BCUT2D eigenvalue weighted by atomic mass is 32.2. The molecule has 0 unspecified atom stereocenters. The molecular formula is C20H11F6N5OS. The molecule has 1 aromatic carbocycles. The first-order valence-corrected chi connectivity index (χ1v) is 10.1. The van der Waals surface area contributed by atoms with Crippen LogP contribution >= 0.6 is 11.9 Å². The van der Waals surface area contributed by atoms with Crippen LogP contribution in [0.3, 0.4) is 0 Å². The number of H-pyrrole nitrogens is 1. The average molecular weight is 483 g/mol. The molecule has 0 aliphatic carbocycles. The van der Waals surface area contributed by atoms with Crippen molar-refractivity contribution in [3.63, 3.8) is 0 Å². The summed E-state index contributed by atoms with van der Waals surface area (Å²) < 4.78 is 89.6. The summed E-state index contributed by atoms with van der Waals surface area (Å²) in [6.07, 6.45) is -2.44. The van der Waals surface area contributed by atoms with Gasteiger partial charge in [-0.3, -0.25) is 4.31 Å². The lowest BCUT2D eigenvalue weighted by Crippen LogP contribution is -2.27. The molecule has 6 nitrogen and oxygen atoms in total. The summed E-state index contributed by atoms with van der Waals surface area (Å²) in [6.45, 7) is 0.544. The van der Waals surface area contributed by atoms with E-state index in [1.165, 1.54) is 12.1 Å². The molecule has 0 radical (unpaired) electrons. The largest absolute Gasteiger partial charge is 0.488 e. The third-order valence-electron chi connectivity index (χ3n) is 4.79. The summed E-state index contributed by atoms with van der Waals surface area (Å²) in [6, 6.07) is 2.84. The highest BCUT2D eigenvalue weighted by molar-refractivity contribution is 8.00. The molecule has 4 heterocycles. The maximum atomic E-state index is 14.7. The Kier molecular flexibility index (Phi) is 5.07. The predicted octanol–water partition coefficient (Wildman–Crippen LogP) is 5.36. The minimum Gasteiger partial charge on any atom is -0.488 e. The van der Waals surface area contributed by atoms with Gasteiger partial charge < -0.3 is 9.72 Å². The van der Waals surface area contributed by atoms with Crippen molar-refractivity contribution < 1.29 is 31.1 Å². The van der Waals surface area contributed by atoms with Crippen molar-refractivity contribution in [2.75, 3.05) is 17.5 Å². The fourth-order valence-electron chi connectivity index (χ4n) is 3.45. The fraction of sp³-hybridized carbons (Fsp3) is 0.150. The molecule has 0 atom stereocenters. The zero-order valence-electron chi connectivity index (χ0n) is 16.3. The number of alkyl halides is 3. The van der Waals surface area contributed by atoms with E-state index in [2.05, 4.69) is 19.9 Å². The lowest BCUT2D eigenvalue weighted by atomic mass is 10.0. The van der Waals surface area contributed by atoms with Crippen LogP contribution in [0.2, 0.25) is 0 Å². The van der Waals surface area contributed by atoms with Gasteiger partial charge in [0.1, 0.15) is 18.2 Å². The first-order chi connectivity index (χ1) is 15.7. The lowest BCUT2D eigenvalue weighted by Gasteiger charge is -2.28. The first kappa shape index (κ1) is 21.4. The van der Waals surface area contributed by atoms with E-state index in [1.807, 2.05) is 0 Å². The van der Waals surface area contributed by atoms with Gasteiger partial charge in [-0.15, -0.1) is 0 Å². The van der Waals surface area contributed by atoms with Crippen LogP contribution in [0.15, 0.2) is 41.8 Å². The molecule has 1 aliphatic heterocycles. The van der Waals surface area contributed by atoms with Gasteiger partial charge in [-0.05, 0) is 12.1 Å². The van der Waals surface area contributed by atoms with Gasteiger partial charge >= 0.3 is 6.18 Å². The van der Waals surface area contributed by atoms with Crippen LogP contribution in [-0.4, -0.2) is 33.1 Å². The van der Waals surface area contributed by atoms with Gasteiger partial charge in [-0.2, -0.15) is 13.2 Å². The number of nitrogens with one attached hydrogen (secondary N) is 1. The molecule has 4 aromatic rings. The number of hydrogen-bond donors (Lipinski definition) is 1. The smallest absolute Gasteiger partial charge is 0.417 e. The Labute approximate surface area is 185 Å². The predicted molar refractivity (Wildman–Crippen MR) is 107 cm³/mol. The van der Waals surface area contributed by atoms with Crippen molar-refractivity contribution in [2.24, 2.45) is 0 Å². The van der Waals surface area contributed by atoms with E-state index in [9.17, 15) is 26.3 Å². The molecule has 0 spiro atoms. The fourth-order valence-corrected chi connectivity index (χ4v) is 4.39. The second kappa shape index (κ2) is 7.83. The van der Waals surface area contributed by atoms with Crippen molar-refractivity contribution in [3.05, 3.63) is 59.8 Å². The number of hydrogen-bond acceptors (Lipinski definition) is 6. The van der Waals surface area contributed by atoms with E-state index in [1.54, 1.807) is 4.31 Å². The lowest BCUT2D eigenvalue weighted by molar-refractivity contribution is -0.137. The van der Waals surface area contributed by atoms with E-state index >= 15 is 0 Å². The summed E-state index contributed by atoms with van der Waals surface area (Å²) in [7, 11) is 0. The Morgan fingerprint density at radius 3 is 2.42 bits per heavy atom. The molecule has 0 fully saturated rings. The molecule has 1 N–H and O–H groups in total. The monoisotopic (exact) mass is 483 g/mol. The Hall–Kier alpha value is -3.48. The Bertz CT molecular complexity index is 1360. The number of rotatable bonds is 3. The topological polar surface area (TPSA) is 66.9 Å². The number of benzene rings is 1. The summed E-state index contributed by atoms with van der Waals surface area (Å²) in [5.74, 6) is -2.43. The van der Waals surface area contributed by atoms with E-state index in [0.29, 0.717) is 18.4 Å². The second-order valence-electron chi connectivity index (χ2n) is 6.94. The molecule has 0 bridgehead atoms. The van der Waals surface area contributed by atoms with E-state index in [4.69, 9.17) is 4.74 Å². The van der Waals surface area contributed by atoms with Crippen LogP contribution in [0.1, 0.15) is 5.56 Å². The highest BCUT2D eigenvalue weighted by Crippen LogP contribution is 2.43. The number of aromatic amines is 1. The standard InChI is InChI=1S/C20H11F6N5OS/c21-9-3-14-19(29-6-9)31(1-2-32-14)33-15-4-11-16(18-27-7-10(22)8-28-18)12(20(24,25)26)5-13(23)17(11)30-15/h3-8,30H,1-2H2. The Morgan fingerprint density at radius 2 is 1.70 bits per heavy atom. The van der Waals surface area contributed by atoms with E-state index in [0.717, 1.165) is 30.5 Å². The number of fused-ring (bicyclic) bond motifs is 2. The summed E-state index contributed by atoms with van der Waals surface area (Å²) in [5.41, 5.74) is -1.97. The van der Waals surface area contributed by atoms with Crippen LogP contribution in [0.25, 0.3) is 22.3 Å². The van der Waals surface area contributed by atoms with Crippen molar-refractivity contribution in [1.82, 2.24) is 19.9 Å². The normalized spacial score (nSPS) is 13.8. The molecule has 0 amide bonds. The van der Waals surface area contributed by atoms with Gasteiger partial charge in [-0.25, -0.2) is 28.1 Å². The molecule has 170 valence electrons. The van der Waals surface area contributed by atoms with Crippen LogP contribution in [0.5, 0.6) is 5.75 Å². The zero-order valence-corrected chi connectivity index (χ0v) is 17.1. The number of aromatic nitrogens is 4. The average Bonchev–Trinajstić information content (AvgIpc) is 3.18. The number of halogens is 6. The zero-order chi connectivity index (χ0) is 23.3. The summed E-state index contributed by atoms with van der Waals surface area (Å²) in [4.78, 5) is 14.1. The highest BCUT2D eigenvalue weighted by Gasteiger charge is 2.37. The van der Waals surface area contributed by atoms with Gasteiger partial charge in [0.15, 0.2) is 23.2 Å². The van der Waals surface area contributed by atoms with Crippen molar-refractivity contribution >= 4 is 28.7 Å². The van der Waals surface area contributed by atoms with Gasteiger partial charge in [0.2, 0.25) is 0 Å². The summed E-state index contributed by atoms with van der Waals surface area (Å²) in [5, 5.41) is 0.155. The number of anilines is 1. The molecule has 3 aromatic heterocycles. The van der Waals surface area contributed by atoms with Crippen LogP contribution in [0.4, 0.5) is 32.2 Å². The molecular weight excluding hydrogens is 472 g/mol. The summed E-state index contributed by atoms with van der Waals surface area (Å²) >= 11 is 1.03. The van der Waals surface area contributed by atoms with Crippen LogP contribution < -0.4 is 9.04 Å². The van der Waals surface area contributed by atoms with Crippen molar-refractivity contribution in [1.29, 1.82) is 0 Å². The number of ether oxygens (including phenoxy) is 1. The first-order valence-electron chi connectivity index (χ1n) is 9.35. The molecule has 1 aliphatic rings. The molecule has 0 saturated heterocycles. The quantitative estimate of drug-likeness (QED) is 0.313. The maximum Gasteiger partial charge on any atom is 0.417 e. The number of nitrogens with zero attached hydrogens (tertiary/aromatic N) is 4. The number of pyridine rings is 1. The van der Waals surface area contributed by atoms with Gasteiger partial charge in [0, 0.05) is 29.0 Å². The van der Waals surface area contributed by atoms with Crippen LogP contribution in [0, 0.1) is 17.5 Å². The minimum absolute atomic E-state index is 0.128. The second-order valence-corrected chi connectivity index (χ2v) is 8.01. The van der Waals surface area contributed by atoms with Crippen LogP contribution in [-0.2, 0) is 6.18 Å². The van der Waals surface area contributed by atoms with Gasteiger partial charge in [-0.1, -0.05) is 0 Å². The molecule has 33 heavy (non-hydrogen) atoms. The van der Waals surface area contributed by atoms with Crippen molar-refractivity contribution in [2.45, 2.75) is 11.2 Å².